The molecule has 0 aliphatic carbocycles. The van der Waals surface area contributed by atoms with Gasteiger partial charge in [0.15, 0.2) is 5.76 Å². The molecule has 1 aromatic heterocycles. The van der Waals surface area contributed by atoms with Gasteiger partial charge in [-0.3, -0.25) is 14.5 Å². The largest absolute Gasteiger partial charge is 0.451 e. The molecule has 0 spiro atoms. The van der Waals surface area contributed by atoms with Crippen LogP contribution in [0, 0.1) is 6.92 Å². The van der Waals surface area contributed by atoms with E-state index in [-0.39, 0.29) is 16.6 Å². The Morgan fingerprint density at radius 1 is 1.03 bits per heavy atom. The Morgan fingerprint density at radius 3 is 2.57 bits per heavy atom. The van der Waals surface area contributed by atoms with Crippen molar-refractivity contribution in [3.63, 3.8) is 0 Å². The van der Waals surface area contributed by atoms with Crippen molar-refractivity contribution < 1.29 is 17.6 Å². The van der Waals surface area contributed by atoms with Gasteiger partial charge in [0.25, 0.3) is 15.9 Å². The second-order valence-corrected chi connectivity index (χ2v) is 8.96. The number of amides is 1. The number of hydrogen-bond donors (Lipinski definition) is 2. The number of aliphatic imine (C=N–C) groups is 1. The van der Waals surface area contributed by atoms with E-state index in [2.05, 4.69) is 15.0 Å². The van der Waals surface area contributed by atoms with E-state index in [0.29, 0.717) is 30.1 Å². The van der Waals surface area contributed by atoms with E-state index < -0.39 is 10.0 Å². The Labute approximate surface area is 175 Å². The molecule has 1 aliphatic rings. The molecule has 0 saturated heterocycles. The maximum Gasteiger partial charge on any atom is 0.291 e. The fourth-order valence-corrected chi connectivity index (χ4v) is 4.56. The second-order valence-electron chi connectivity index (χ2n) is 7.28. The third-order valence-corrected chi connectivity index (χ3v) is 6.50. The van der Waals surface area contributed by atoms with Crippen molar-refractivity contribution in [3.8, 4) is 0 Å². The first-order chi connectivity index (χ1) is 14.4. The van der Waals surface area contributed by atoms with Gasteiger partial charge in [0.1, 0.15) is 11.4 Å². The van der Waals surface area contributed by atoms with E-state index in [1.54, 1.807) is 12.1 Å². The summed E-state index contributed by atoms with van der Waals surface area (Å²) in [6, 6.07) is 13.5. The molecule has 0 bridgehead atoms. The molecule has 0 radical (unpaired) electrons. The van der Waals surface area contributed by atoms with E-state index in [9.17, 15) is 13.2 Å². The Kier molecular flexibility index (Phi) is 5.59. The summed E-state index contributed by atoms with van der Waals surface area (Å²) in [7, 11) is -3.71. The number of nitrogens with one attached hydrogen (secondary N) is 2. The first-order valence-electron chi connectivity index (χ1n) is 9.90. The number of rotatable bonds is 4. The number of amidine groups is 1. The van der Waals surface area contributed by atoms with E-state index >= 15 is 0 Å². The highest BCUT2D eigenvalue weighted by molar-refractivity contribution is 7.90. The molecule has 2 N–H and O–H groups in total. The van der Waals surface area contributed by atoms with Gasteiger partial charge in [-0.25, -0.2) is 8.42 Å². The number of para-hydroxylation sites is 1. The van der Waals surface area contributed by atoms with Crippen LogP contribution in [0.25, 0.3) is 11.0 Å². The summed E-state index contributed by atoms with van der Waals surface area (Å²) < 4.78 is 33.5. The molecular formula is C22H23N3O4S. The summed E-state index contributed by atoms with van der Waals surface area (Å²) in [5.74, 6) is 0.358. The van der Waals surface area contributed by atoms with E-state index in [1.165, 1.54) is 12.1 Å². The Balaban J connectivity index is 1.48. The fraction of sp³-hybridized carbons (Fsp3) is 0.273. The summed E-state index contributed by atoms with van der Waals surface area (Å²) in [5.41, 5.74) is 1.88. The van der Waals surface area contributed by atoms with Gasteiger partial charge in [-0.2, -0.15) is 0 Å². The standard InChI is InChI=1S/C22H23N3O4S/c1-15-18-7-4-5-8-19(18)29-21(15)22(26)24-16-10-12-17(13-11-16)30(27,28)25-20-9-3-2-6-14-23-20/h4-5,7-8,10-13H,2-3,6,9,14H2,1H3,(H,23,25)(H,24,26). The van der Waals surface area contributed by atoms with Crippen molar-refractivity contribution in [2.45, 2.75) is 37.5 Å². The average molecular weight is 426 g/mol. The number of aryl methyl sites for hydroxylation is 1. The molecule has 0 fully saturated rings. The van der Waals surface area contributed by atoms with Crippen LogP contribution >= 0.6 is 0 Å². The van der Waals surface area contributed by atoms with Crippen molar-refractivity contribution in [1.82, 2.24) is 4.72 Å². The molecule has 7 nitrogen and oxygen atoms in total. The highest BCUT2D eigenvalue weighted by Crippen LogP contribution is 2.26. The minimum Gasteiger partial charge on any atom is -0.451 e. The molecule has 0 unspecified atom stereocenters. The molecular weight excluding hydrogens is 402 g/mol. The number of anilines is 1. The van der Waals surface area contributed by atoms with Crippen molar-refractivity contribution in [1.29, 1.82) is 0 Å². The molecule has 8 heteroatoms. The molecule has 3 aromatic rings. The third-order valence-electron chi connectivity index (χ3n) is 5.10. The van der Waals surface area contributed by atoms with Crippen LogP contribution in [0.2, 0.25) is 0 Å². The summed E-state index contributed by atoms with van der Waals surface area (Å²) >= 11 is 0. The zero-order valence-electron chi connectivity index (χ0n) is 16.6. The van der Waals surface area contributed by atoms with E-state index in [0.717, 1.165) is 30.2 Å². The molecule has 1 aliphatic heterocycles. The Morgan fingerprint density at radius 2 is 1.80 bits per heavy atom. The first-order valence-corrected chi connectivity index (χ1v) is 11.4. The van der Waals surface area contributed by atoms with Crippen LogP contribution in [0.4, 0.5) is 5.69 Å². The maximum atomic E-state index is 12.6. The van der Waals surface area contributed by atoms with Crippen LogP contribution in [-0.2, 0) is 10.0 Å². The van der Waals surface area contributed by atoms with Crippen LogP contribution in [0.3, 0.4) is 0 Å². The molecule has 0 saturated carbocycles. The lowest BCUT2D eigenvalue weighted by molar-refractivity contribution is 0.0998. The van der Waals surface area contributed by atoms with Crippen LogP contribution < -0.4 is 10.0 Å². The highest BCUT2D eigenvalue weighted by Gasteiger charge is 2.19. The predicted octanol–water partition coefficient (Wildman–Crippen LogP) is 4.24. The topological polar surface area (TPSA) is 101 Å². The van der Waals surface area contributed by atoms with E-state index in [1.807, 2.05) is 31.2 Å². The van der Waals surface area contributed by atoms with Gasteiger partial charge in [0.2, 0.25) is 0 Å². The zero-order valence-corrected chi connectivity index (χ0v) is 17.5. The Hall–Kier alpha value is -3.13. The number of furan rings is 1. The molecule has 156 valence electrons. The number of nitrogens with zero attached hydrogens (tertiary/aromatic N) is 1. The van der Waals surface area contributed by atoms with Gasteiger partial charge < -0.3 is 9.73 Å². The summed E-state index contributed by atoms with van der Waals surface area (Å²) in [4.78, 5) is 17.1. The minimum absolute atomic E-state index is 0.118. The van der Waals surface area contributed by atoms with Crippen LogP contribution in [0.15, 0.2) is 62.8 Å². The molecule has 2 aromatic carbocycles. The number of sulfonamides is 1. The number of benzene rings is 2. The minimum atomic E-state index is -3.71. The third kappa shape index (κ3) is 4.23. The Bertz CT molecular complexity index is 1210. The molecule has 2 heterocycles. The summed E-state index contributed by atoms with van der Waals surface area (Å²) in [6.07, 6.45) is 3.58. The molecule has 0 atom stereocenters. The lowest BCUT2D eigenvalue weighted by Gasteiger charge is -2.10. The number of carbonyl (C=O) groups excluding carboxylic acids is 1. The zero-order chi connectivity index (χ0) is 21.1. The normalized spacial score (nSPS) is 14.8. The highest BCUT2D eigenvalue weighted by atomic mass is 32.2. The number of fused-ring (bicyclic) bond motifs is 1. The predicted molar refractivity (Wildman–Crippen MR) is 116 cm³/mol. The van der Waals surface area contributed by atoms with E-state index in [4.69, 9.17) is 4.42 Å². The van der Waals surface area contributed by atoms with Crippen LogP contribution in [-0.4, -0.2) is 26.7 Å². The maximum absolute atomic E-state index is 12.6. The monoisotopic (exact) mass is 425 g/mol. The van der Waals surface area contributed by atoms with Crippen molar-refractivity contribution in [3.05, 3.63) is 59.9 Å². The first kappa shape index (κ1) is 20.2. The number of carbonyl (C=O) groups is 1. The van der Waals surface area contributed by atoms with Gasteiger partial charge in [0.05, 0.1) is 4.90 Å². The molecule has 4 rings (SSSR count). The van der Waals surface area contributed by atoms with Crippen LogP contribution in [0.5, 0.6) is 0 Å². The summed E-state index contributed by atoms with van der Waals surface area (Å²) in [6.45, 7) is 2.47. The van der Waals surface area contributed by atoms with Gasteiger partial charge in [-0.05, 0) is 50.1 Å². The van der Waals surface area contributed by atoms with Crippen molar-refractivity contribution in [2.75, 3.05) is 11.9 Å². The fourth-order valence-electron chi connectivity index (χ4n) is 3.47. The van der Waals surface area contributed by atoms with Gasteiger partial charge in [-0.15, -0.1) is 0 Å². The van der Waals surface area contributed by atoms with Crippen molar-refractivity contribution >= 4 is 38.4 Å². The van der Waals surface area contributed by atoms with Crippen LogP contribution in [0.1, 0.15) is 41.8 Å². The lowest BCUT2D eigenvalue weighted by atomic mass is 10.1. The SMILES string of the molecule is Cc1c(C(=O)Nc2ccc(S(=O)(=O)NC3=NCCCCC3)cc2)oc2ccccc12. The molecule has 30 heavy (non-hydrogen) atoms. The lowest BCUT2D eigenvalue weighted by Crippen LogP contribution is -2.30. The second kappa shape index (κ2) is 8.31. The summed E-state index contributed by atoms with van der Waals surface area (Å²) in [5, 5.41) is 3.64. The van der Waals surface area contributed by atoms with Gasteiger partial charge in [-0.1, -0.05) is 24.6 Å². The average Bonchev–Trinajstić information content (AvgIpc) is 2.88. The quantitative estimate of drug-likeness (QED) is 0.653. The van der Waals surface area contributed by atoms with Gasteiger partial charge in [0, 0.05) is 29.6 Å². The smallest absolute Gasteiger partial charge is 0.291 e. The van der Waals surface area contributed by atoms with Gasteiger partial charge >= 0.3 is 0 Å². The van der Waals surface area contributed by atoms with Crippen molar-refractivity contribution in [2.24, 2.45) is 4.99 Å². The number of hydrogen-bond acceptors (Lipinski definition) is 5. The molecule has 1 amide bonds.